The summed E-state index contributed by atoms with van der Waals surface area (Å²) >= 11 is 0. The van der Waals surface area contributed by atoms with Crippen molar-refractivity contribution < 1.29 is 30.9 Å². The number of ketones is 1. The monoisotopic (exact) mass is 350 g/mol. The molecule has 1 saturated heterocycles. The van der Waals surface area contributed by atoms with Crippen LogP contribution in [0.25, 0.3) is 0 Å². The zero-order valence-corrected chi connectivity index (χ0v) is 13.6. The topological polar surface area (TPSA) is 74.3 Å². The lowest BCUT2D eigenvalue weighted by molar-refractivity contribution is -0.116. The molecule has 0 unspecified atom stereocenters. The second-order valence-electron chi connectivity index (χ2n) is 4.77. The van der Waals surface area contributed by atoms with Gasteiger partial charge in [0.25, 0.3) is 0 Å². The van der Waals surface area contributed by atoms with E-state index >= 15 is 0 Å². The SMILES string of the molecule is CCCCCC(=O)C[S+]1CCCC1.O=S(=O)([O-])C(F)(F)F. The number of rotatable bonds is 6. The van der Waals surface area contributed by atoms with E-state index in [4.69, 9.17) is 13.0 Å². The number of alkyl halides is 3. The van der Waals surface area contributed by atoms with Gasteiger partial charge >= 0.3 is 5.51 Å². The highest BCUT2D eigenvalue weighted by atomic mass is 32.2. The Balaban J connectivity index is 0.000000433. The van der Waals surface area contributed by atoms with Crippen LogP contribution in [-0.4, -0.2) is 41.5 Å². The Hall–Kier alpha value is -0.280. The fraction of sp³-hybridized carbons (Fsp3) is 0.917. The summed E-state index contributed by atoms with van der Waals surface area (Å²) in [6, 6.07) is 0. The van der Waals surface area contributed by atoms with Crippen LogP contribution >= 0.6 is 0 Å². The molecule has 0 atom stereocenters. The summed E-state index contributed by atoms with van der Waals surface area (Å²) in [5, 5.41) is 0. The van der Waals surface area contributed by atoms with Gasteiger partial charge in [-0.3, -0.25) is 4.79 Å². The van der Waals surface area contributed by atoms with Crippen molar-refractivity contribution in [1.29, 1.82) is 0 Å². The van der Waals surface area contributed by atoms with Gasteiger partial charge < -0.3 is 4.55 Å². The summed E-state index contributed by atoms with van der Waals surface area (Å²) in [5.74, 6) is 4.10. The first-order chi connectivity index (χ1) is 9.58. The summed E-state index contributed by atoms with van der Waals surface area (Å²) in [7, 11) is -5.60. The van der Waals surface area contributed by atoms with Gasteiger partial charge in [0.05, 0.1) is 0 Å². The smallest absolute Gasteiger partial charge is 0.485 e. The predicted molar refractivity (Wildman–Crippen MR) is 76.1 cm³/mol. The molecule has 0 amide bonds. The lowest BCUT2D eigenvalue weighted by Crippen LogP contribution is -2.21. The first-order valence-electron chi connectivity index (χ1n) is 6.76. The third kappa shape index (κ3) is 10.1. The van der Waals surface area contributed by atoms with Crippen molar-refractivity contribution in [1.82, 2.24) is 0 Å². The molecule has 0 saturated carbocycles. The highest BCUT2D eigenvalue weighted by Gasteiger charge is 2.36. The minimum atomic E-state index is -6.09. The third-order valence-electron chi connectivity index (χ3n) is 2.82. The van der Waals surface area contributed by atoms with Crippen LogP contribution < -0.4 is 0 Å². The van der Waals surface area contributed by atoms with Crippen molar-refractivity contribution in [3.63, 3.8) is 0 Å². The number of hydrogen-bond acceptors (Lipinski definition) is 4. The lowest BCUT2D eigenvalue weighted by Gasteiger charge is -2.08. The molecule has 1 rings (SSSR count). The second-order valence-corrected chi connectivity index (χ2v) is 8.47. The van der Waals surface area contributed by atoms with Crippen LogP contribution in [0.2, 0.25) is 0 Å². The van der Waals surface area contributed by atoms with E-state index in [2.05, 4.69) is 6.92 Å². The molecule has 0 aromatic rings. The Morgan fingerprint density at radius 3 is 2.05 bits per heavy atom. The molecule has 9 heteroatoms. The van der Waals surface area contributed by atoms with E-state index in [1.54, 1.807) is 0 Å². The van der Waals surface area contributed by atoms with E-state index in [0.717, 1.165) is 18.6 Å². The largest absolute Gasteiger partial charge is 0.741 e. The summed E-state index contributed by atoms with van der Waals surface area (Å²) in [6.07, 6.45) is 7.14. The van der Waals surface area contributed by atoms with Crippen molar-refractivity contribution in [2.45, 2.75) is 51.0 Å². The minimum Gasteiger partial charge on any atom is -0.741 e. The molecule has 1 fully saturated rings. The zero-order valence-electron chi connectivity index (χ0n) is 11.9. The van der Waals surface area contributed by atoms with Gasteiger partial charge in [0, 0.05) is 6.42 Å². The number of carbonyl (C=O) groups is 1. The number of halogens is 3. The van der Waals surface area contributed by atoms with Crippen LogP contribution in [0.4, 0.5) is 13.2 Å². The average Bonchev–Trinajstić information content (AvgIpc) is 2.80. The van der Waals surface area contributed by atoms with Gasteiger partial charge in [-0.2, -0.15) is 13.2 Å². The fourth-order valence-corrected chi connectivity index (χ4v) is 4.05. The fourth-order valence-electron chi connectivity index (χ4n) is 1.73. The van der Waals surface area contributed by atoms with Gasteiger partial charge in [0.2, 0.25) is 0 Å². The van der Waals surface area contributed by atoms with Crippen LogP contribution in [0.3, 0.4) is 0 Å². The van der Waals surface area contributed by atoms with Gasteiger partial charge in [-0.1, -0.05) is 19.8 Å². The van der Waals surface area contributed by atoms with Crippen molar-refractivity contribution in [2.75, 3.05) is 17.3 Å². The molecule has 1 aliphatic rings. The maximum atomic E-state index is 11.5. The predicted octanol–water partition coefficient (Wildman–Crippen LogP) is 2.60. The number of unbranched alkanes of at least 4 members (excludes halogenated alkanes) is 2. The Morgan fingerprint density at radius 2 is 1.67 bits per heavy atom. The average molecular weight is 350 g/mol. The first kappa shape index (κ1) is 20.7. The molecule has 0 bridgehead atoms. The van der Waals surface area contributed by atoms with Gasteiger partial charge in [0.15, 0.2) is 21.7 Å². The van der Waals surface area contributed by atoms with Gasteiger partial charge in [-0.05, 0) is 30.2 Å². The van der Waals surface area contributed by atoms with E-state index in [1.165, 1.54) is 37.2 Å². The standard InChI is InChI=1S/C11H21OS.CHF3O3S/c1-2-3-4-7-11(12)10-13-8-5-6-9-13;2-1(3,4)8(5,6)7/h2-10H2,1H3;(H,5,6,7)/q+1;/p-1. The van der Waals surface area contributed by atoms with Gasteiger partial charge in [-0.25, -0.2) is 8.42 Å². The Labute approximate surface area is 126 Å². The molecule has 4 nitrogen and oxygen atoms in total. The number of hydrogen-bond donors (Lipinski definition) is 0. The lowest BCUT2D eigenvalue weighted by atomic mass is 10.2. The van der Waals surface area contributed by atoms with Crippen molar-refractivity contribution in [3.8, 4) is 0 Å². The van der Waals surface area contributed by atoms with Gasteiger partial charge in [0.1, 0.15) is 11.5 Å². The highest BCUT2D eigenvalue weighted by molar-refractivity contribution is 7.97. The minimum absolute atomic E-state index is 0.488. The molecule has 21 heavy (non-hydrogen) atoms. The summed E-state index contributed by atoms with van der Waals surface area (Å²) < 4.78 is 58.9. The van der Waals surface area contributed by atoms with Crippen molar-refractivity contribution in [3.05, 3.63) is 0 Å². The third-order valence-corrected chi connectivity index (χ3v) is 5.85. The number of carbonyl (C=O) groups excluding carboxylic acids is 1. The summed E-state index contributed by atoms with van der Waals surface area (Å²) in [6.45, 7) is 2.18. The molecular formula is C12H21F3O4S2. The van der Waals surface area contributed by atoms with Crippen molar-refractivity contribution in [2.24, 2.45) is 0 Å². The van der Waals surface area contributed by atoms with Crippen LogP contribution in [0.1, 0.15) is 45.4 Å². The van der Waals surface area contributed by atoms with Crippen LogP contribution in [0.15, 0.2) is 0 Å². The number of Topliss-reactive ketones (excluding diaryl/α,β-unsaturated/α-hetero) is 1. The molecule has 1 aliphatic heterocycles. The van der Waals surface area contributed by atoms with E-state index in [-0.39, 0.29) is 0 Å². The molecular weight excluding hydrogens is 329 g/mol. The first-order valence-corrected chi connectivity index (χ1v) is 9.90. The maximum absolute atomic E-state index is 11.5. The molecule has 0 radical (unpaired) electrons. The van der Waals surface area contributed by atoms with Gasteiger partial charge in [-0.15, -0.1) is 0 Å². The van der Waals surface area contributed by atoms with E-state index < -0.39 is 15.6 Å². The van der Waals surface area contributed by atoms with Crippen LogP contribution in [0, 0.1) is 0 Å². The molecule has 0 spiro atoms. The van der Waals surface area contributed by atoms with Crippen LogP contribution in [-0.2, 0) is 25.8 Å². The molecule has 0 N–H and O–H groups in total. The van der Waals surface area contributed by atoms with E-state index in [9.17, 15) is 18.0 Å². The Kier molecular flexibility index (Phi) is 9.55. The van der Waals surface area contributed by atoms with Crippen molar-refractivity contribution >= 4 is 26.8 Å². The Bertz CT molecular complexity index is 401. The molecule has 1 heterocycles. The molecule has 126 valence electrons. The van der Waals surface area contributed by atoms with E-state index in [1.807, 2.05) is 0 Å². The Morgan fingerprint density at radius 1 is 1.19 bits per heavy atom. The molecule has 0 aliphatic carbocycles. The summed E-state index contributed by atoms with van der Waals surface area (Å²) in [5.41, 5.74) is -5.65. The molecule has 0 aromatic carbocycles. The molecule has 0 aromatic heterocycles. The normalized spacial score (nSPS) is 16.4. The second kappa shape index (κ2) is 9.68. The highest BCUT2D eigenvalue weighted by Crippen LogP contribution is 2.20. The van der Waals surface area contributed by atoms with E-state index in [0.29, 0.717) is 16.7 Å². The quantitative estimate of drug-likeness (QED) is 0.319. The maximum Gasteiger partial charge on any atom is 0.485 e. The van der Waals surface area contributed by atoms with Crippen LogP contribution in [0.5, 0.6) is 0 Å². The summed E-state index contributed by atoms with van der Waals surface area (Å²) in [4.78, 5) is 11.5. The zero-order chi connectivity index (χ0) is 16.5.